The van der Waals surface area contributed by atoms with E-state index in [2.05, 4.69) is 15.5 Å². The number of nitrogens with two attached hydrogens (primary N) is 1. The highest BCUT2D eigenvalue weighted by molar-refractivity contribution is 7.15. The van der Waals surface area contributed by atoms with E-state index in [0.29, 0.717) is 30.2 Å². The molecule has 0 spiro atoms. The molecule has 3 aromatic rings. The first-order valence-corrected chi connectivity index (χ1v) is 9.41. The van der Waals surface area contributed by atoms with E-state index in [4.69, 9.17) is 10.3 Å². The second-order valence-electron chi connectivity index (χ2n) is 6.66. The largest absolute Gasteiger partial charge is 0.377 e. The van der Waals surface area contributed by atoms with Gasteiger partial charge in [0.1, 0.15) is 0 Å². The van der Waals surface area contributed by atoms with Crippen LogP contribution in [0.3, 0.4) is 0 Å². The van der Waals surface area contributed by atoms with Crippen molar-refractivity contribution in [1.82, 2.24) is 10.1 Å². The zero-order valence-corrected chi connectivity index (χ0v) is 15.5. The van der Waals surface area contributed by atoms with Crippen molar-refractivity contribution in [3.63, 3.8) is 0 Å². The lowest BCUT2D eigenvalue weighted by Crippen LogP contribution is -2.49. The van der Waals surface area contributed by atoms with Gasteiger partial charge in [-0.15, -0.1) is 11.3 Å². The molecule has 0 radical (unpaired) electrons. The number of nitrogens with one attached hydrogen (secondary N) is 1. The predicted molar refractivity (Wildman–Crippen MR) is 102 cm³/mol. The lowest BCUT2D eigenvalue weighted by Gasteiger charge is -2.37. The van der Waals surface area contributed by atoms with E-state index in [1.54, 1.807) is 11.3 Å². The van der Waals surface area contributed by atoms with E-state index in [1.807, 2.05) is 44.2 Å². The highest BCUT2D eigenvalue weighted by Gasteiger charge is 2.35. The molecule has 3 N–H and O–H groups in total. The van der Waals surface area contributed by atoms with Crippen LogP contribution < -0.4 is 11.1 Å². The Morgan fingerprint density at radius 2 is 2.19 bits per heavy atom. The number of fused-ring (bicyclic) bond motifs is 1. The molecule has 6 nitrogen and oxygen atoms in total. The Bertz CT molecular complexity index is 972. The number of aryl methyl sites for hydroxylation is 1. The fraction of sp³-hybridized carbons (Fsp3) is 0.316. The topological polar surface area (TPSA) is 94.0 Å². The number of ketones is 1. The monoisotopic (exact) mass is 368 g/mol. The van der Waals surface area contributed by atoms with Gasteiger partial charge in [0.25, 0.3) is 5.89 Å². The summed E-state index contributed by atoms with van der Waals surface area (Å²) >= 11 is 1.62. The van der Waals surface area contributed by atoms with Crippen LogP contribution in [0.25, 0.3) is 22.2 Å². The Morgan fingerprint density at radius 1 is 1.35 bits per heavy atom. The molecule has 1 aliphatic rings. The molecular weight excluding hydrogens is 348 g/mol. The van der Waals surface area contributed by atoms with Gasteiger partial charge in [-0.1, -0.05) is 12.1 Å². The van der Waals surface area contributed by atoms with Gasteiger partial charge in [0.2, 0.25) is 5.82 Å². The van der Waals surface area contributed by atoms with Gasteiger partial charge in [0, 0.05) is 34.7 Å². The summed E-state index contributed by atoms with van der Waals surface area (Å²) in [6.07, 6.45) is 1.18. The summed E-state index contributed by atoms with van der Waals surface area (Å²) in [6.45, 7) is 4.50. The highest BCUT2D eigenvalue weighted by Crippen LogP contribution is 2.35. The smallest absolute Gasteiger partial charge is 0.258 e. The number of carbonyl (C=O) groups excluding carboxylic acids is 1. The van der Waals surface area contributed by atoms with Crippen molar-refractivity contribution in [2.45, 2.75) is 32.2 Å². The van der Waals surface area contributed by atoms with Crippen LogP contribution in [0.15, 0.2) is 34.9 Å². The van der Waals surface area contributed by atoms with Crippen LogP contribution in [0.4, 0.5) is 5.69 Å². The molecule has 1 unspecified atom stereocenters. The molecule has 1 aromatic carbocycles. The average Bonchev–Trinajstić information content (AvgIpc) is 3.30. The van der Waals surface area contributed by atoms with Gasteiger partial charge in [0.05, 0.1) is 10.4 Å². The third kappa shape index (κ3) is 2.83. The van der Waals surface area contributed by atoms with Gasteiger partial charge >= 0.3 is 0 Å². The van der Waals surface area contributed by atoms with Crippen LogP contribution in [-0.2, 0) is 0 Å². The molecule has 0 saturated heterocycles. The number of thiophene rings is 1. The fourth-order valence-corrected chi connectivity index (χ4v) is 4.02. The summed E-state index contributed by atoms with van der Waals surface area (Å²) in [6, 6.07) is 9.60. The number of aromatic nitrogens is 2. The minimum absolute atomic E-state index is 0.0847. The maximum atomic E-state index is 12.7. The van der Waals surface area contributed by atoms with Crippen molar-refractivity contribution in [1.29, 1.82) is 0 Å². The first-order valence-electron chi connectivity index (χ1n) is 8.60. The Morgan fingerprint density at radius 3 is 2.88 bits per heavy atom. The Balaban J connectivity index is 1.67. The Labute approximate surface area is 155 Å². The van der Waals surface area contributed by atoms with E-state index < -0.39 is 0 Å². The van der Waals surface area contributed by atoms with Crippen LogP contribution >= 0.6 is 11.3 Å². The normalized spacial score (nSPS) is 19.3. The molecule has 26 heavy (non-hydrogen) atoms. The molecule has 3 heterocycles. The van der Waals surface area contributed by atoms with E-state index >= 15 is 0 Å². The zero-order valence-electron chi connectivity index (χ0n) is 14.7. The third-order valence-electron chi connectivity index (χ3n) is 4.92. The summed E-state index contributed by atoms with van der Waals surface area (Å²) in [4.78, 5) is 19.3. The maximum Gasteiger partial charge on any atom is 0.258 e. The van der Waals surface area contributed by atoms with Gasteiger partial charge in [-0.25, -0.2) is 0 Å². The molecule has 0 aliphatic carbocycles. The van der Waals surface area contributed by atoms with Gasteiger partial charge in [-0.2, -0.15) is 4.98 Å². The SMILES string of the molecule is CCC1(CN)CC(=O)c2cc(-c3nc(-c4ccc(C)s4)no3)ccc2N1. The number of hydrogen-bond donors (Lipinski definition) is 2. The zero-order chi connectivity index (χ0) is 18.3. The van der Waals surface area contributed by atoms with Crippen molar-refractivity contribution < 1.29 is 9.32 Å². The number of rotatable bonds is 4. The van der Waals surface area contributed by atoms with Crippen LogP contribution in [0.2, 0.25) is 0 Å². The molecular formula is C19H20N4O2S. The van der Waals surface area contributed by atoms with E-state index in [1.165, 1.54) is 4.88 Å². The van der Waals surface area contributed by atoms with Crippen LogP contribution in [0.5, 0.6) is 0 Å². The molecule has 0 bridgehead atoms. The van der Waals surface area contributed by atoms with Crippen molar-refractivity contribution in [2.75, 3.05) is 11.9 Å². The summed E-state index contributed by atoms with van der Waals surface area (Å²) in [7, 11) is 0. The second-order valence-corrected chi connectivity index (χ2v) is 7.94. The molecule has 7 heteroatoms. The standard InChI is InChI=1S/C19H20N4O2S/c1-3-19(10-20)9-15(24)13-8-12(5-6-14(13)22-19)18-21-17(23-25-18)16-7-4-11(2)26-16/h4-8,22H,3,9-10,20H2,1-2H3. The number of nitrogens with zero attached hydrogens (tertiary/aromatic N) is 2. The van der Waals surface area contributed by atoms with Crippen LogP contribution in [-0.4, -0.2) is 28.0 Å². The first kappa shape index (κ1) is 16.9. The second kappa shape index (κ2) is 6.34. The van der Waals surface area contributed by atoms with Crippen LogP contribution in [0, 0.1) is 6.92 Å². The van der Waals surface area contributed by atoms with Crippen molar-refractivity contribution in [2.24, 2.45) is 5.73 Å². The number of benzene rings is 1. The van der Waals surface area contributed by atoms with Gasteiger partial charge < -0.3 is 15.6 Å². The molecule has 0 saturated carbocycles. The lowest BCUT2D eigenvalue weighted by atomic mass is 9.83. The molecule has 2 aromatic heterocycles. The summed E-state index contributed by atoms with van der Waals surface area (Å²) in [5, 5.41) is 7.51. The molecule has 1 atom stereocenters. The number of Topliss-reactive ketones (excluding diaryl/α,β-unsaturated/α-hetero) is 1. The van der Waals surface area contributed by atoms with E-state index in [9.17, 15) is 4.79 Å². The minimum Gasteiger partial charge on any atom is -0.377 e. The minimum atomic E-state index is -0.361. The highest BCUT2D eigenvalue weighted by atomic mass is 32.1. The van der Waals surface area contributed by atoms with Gasteiger partial charge in [0.15, 0.2) is 5.78 Å². The predicted octanol–water partition coefficient (Wildman–Crippen LogP) is 3.88. The van der Waals surface area contributed by atoms with Crippen molar-refractivity contribution in [3.05, 3.63) is 40.8 Å². The average molecular weight is 368 g/mol. The number of carbonyl (C=O) groups is 1. The summed E-state index contributed by atoms with van der Waals surface area (Å²) < 4.78 is 5.42. The number of anilines is 1. The molecule has 4 rings (SSSR count). The van der Waals surface area contributed by atoms with Crippen molar-refractivity contribution >= 4 is 22.8 Å². The van der Waals surface area contributed by atoms with E-state index in [0.717, 1.165) is 22.5 Å². The third-order valence-corrected chi connectivity index (χ3v) is 5.92. The summed E-state index contributed by atoms with van der Waals surface area (Å²) in [5.74, 6) is 1.06. The number of hydrogen-bond acceptors (Lipinski definition) is 7. The molecule has 0 amide bonds. The lowest BCUT2D eigenvalue weighted by molar-refractivity contribution is 0.0950. The van der Waals surface area contributed by atoms with Crippen molar-refractivity contribution in [3.8, 4) is 22.2 Å². The van der Waals surface area contributed by atoms with Crippen LogP contribution in [0.1, 0.15) is 35.0 Å². The van der Waals surface area contributed by atoms with E-state index in [-0.39, 0.29) is 11.3 Å². The Kier molecular flexibility index (Phi) is 4.13. The summed E-state index contributed by atoms with van der Waals surface area (Å²) in [5.41, 5.74) is 7.74. The Hall–Kier alpha value is -2.51. The molecule has 0 fully saturated rings. The van der Waals surface area contributed by atoms with Gasteiger partial charge in [-0.3, -0.25) is 4.79 Å². The first-order chi connectivity index (χ1) is 12.5. The maximum absolute atomic E-state index is 12.7. The molecule has 134 valence electrons. The fourth-order valence-electron chi connectivity index (χ4n) is 3.23. The quantitative estimate of drug-likeness (QED) is 0.726. The molecule has 1 aliphatic heterocycles. The van der Waals surface area contributed by atoms with Gasteiger partial charge in [-0.05, 0) is 43.7 Å².